The van der Waals surface area contributed by atoms with Gasteiger partial charge >= 0.3 is 6.18 Å². The van der Waals surface area contributed by atoms with E-state index in [0.29, 0.717) is 17.1 Å². The Morgan fingerprint density at radius 1 is 1.05 bits per heavy atom. The van der Waals surface area contributed by atoms with E-state index in [1.807, 2.05) is 0 Å². The Bertz CT molecular complexity index is 1660. The summed E-state index contributed by atoms with van der Waals surface area (Å²) in [7, 11) is 0. The first-order valence-electron chi connectivity index (χ1n) is 11.9. The smallest absolute Gasteiger partial charge is 0.416 e. The monoisotopic (exact) mass is 555 g/mol. The SMILES string of the molecule is C=CCOc1ccc(C2c3c(oc4ccc(Cl)cc4c3=O)C(=O)N2c2cccc(C(F)(F)F)c2)cc1OCC. The molecule has 1 aromatic heterocycles. The summed E-state index contributed by atoms with van der Waals surface area (Å²) in [5.41, 5.74) is -1.01. The maximum Gasteiger partial charge on any atom is 0.416 e. The van der Waals surface area contributed by atoms with E-state index in [-0.39, 0.29) is 46.2 Å². The number of fused-ring (bicyclic) bond motifs is 2. The van der Waals surface area contributed by atoms with E-state index in [1.165, 1.54) is 30.3 Å². The molecule has 2 heterocycles. The second kappa shape index (κ2) is 10.1. The van der Waals surface area contributed by atoms with Gasteiger partial charge in [0.05, 0.1) is 29.2 Å². The average Bonchev–Trinajstić information content (AvgIpc) is 3.20. The van der Waals surface area contributed by atoms with Crippen molar-refractivity contribution in [2.75, 3.05) is 18.1 Å². The zero-order valence-electron chi connectivity index (χ0n) is 20.5. The van der Waals surface area contributed by atoms with Crippen LogP contribution in [-0.4, -0.2) is 19.1 Å². The van der Waals surface area contributed by atoms with Gasteiger partial charge in [-0.25, -0.2) is 0 Å². The summed E-state index contributed by atoms with van der Waals surface area (Å²) in [6.45, 7) is 5.90. The standard InChI is InChI=1S/C29H21ClF3NO5/c1-3-12-38-22-10-8-16(13-23(22)37-4-2)25-24-26(35)20-15-18(30)9-11-21(20)39-27(24)28(36)34(25)19-7-5-6-17(14-19)29(31,32)33/h3,5-11,13-15,25H,1,4,12H2,2H3. The van der Waals surface area contributed by atoms with Crippen LogP contribution in [0.15, 0.2) is 82.5 Å². The first-order chi connectivity index (χ1) is 18.6. The minimum absolute atomic E-state index is 0.0191. The molecule has 200 valence electrons. The summed E-state index contributed by atoms with van der Waals surface area (Å²) in [6, 6.07) is 12.5. The van der Waals surface area contributed by atoms with Crippen LogP contribution in [0.1, 0.15) is 40.2 Å². The number of carbonyl (C=O) groups is 1. The minimum atomic E-state index is -4.65. The van der Waals surface area contributed by atoms with Gasteiger partial charge < -0.3 is 13.9 Å². The fraction of sp³-hybridized carbons (Fsp3) is 0.172. The van der Waals surface area contributed by atoms with Crippen molar-refractivity contribution in [2.24, 2.45) is 0 Å². The first-order valence-corrected chi connectivity index (χ1v) is 12.3. The molecule has 3 aromatic carbocycles. The van der Waals surface area contributed by atoms with Crippen LogP contribution < -0.4 is 19.8 Å². The molecule has 0 aliphatic carbocycles. The van der Waals surface area contributed by atoms with E-state index in [1.54, 1.807) is 31.2 Å². The molecule has 6 nitrogen and oxygen atoms in total. The number of hydrogen-bond acceptors (Lipinski definition) is 5. The summed E-state index contributed by atoms with van der Waals surface area (Å²) in [5.74, 6) is -0.293. The van der Waals surface area contributed by atoms with Crippen LogP contribution in [0, 0.1) is 0 Å². The summed E-state index contributed by atoms with van der Waals surface area (Å²) >= 11 is 6.12. The molecule has 0 saturated carbocycles. The first kappa shape index (κ1) is 26.4. The molecule has 0 saturated heterocycles. The van der Waals surface area contributed by atoms with E-state index in [9.17, 15) is 22.8 Å². The van der Waals surface area contributed by atoms with Crippen molar-refractivity contribution < 1.29 is 31.9 Å². The lowest BCUT2D eigenvalue weighted by molar-refractivity contribution is -0.137. The van der Waals surface area contributed by atoms with E-state index in [0.717, 1.165) is 17.0 Å². The Labute approximate surface area is 225 Å². The van der Waals surface area contributed by atoms with E-state index >= 15 is 0 Å². The minimum Gasteiger partial charge on any atom is -0.490 e. The Morgan fingerprint density at radius 2 is 1.85 bits per heavy atom. The molecule has 0 radical (unpaired) electrons. The Morgan fingerprint density at radius 3 is 2.56 bits per heavy atom. The van der Waals surface area contributed by atoms with E-state index < -0.39 is 29.1 Å². The number of nitrogens with zero attached hydrogens (tertiary/aromatic N) is 1. The van der Waals surface area contributed by atoms with Gasteiger partial charge in [0.2, 0.25) is 5.76 Å². The lowest BCUT2D eigenvalue weighted by atomic mass is 9.97. The molecule has 10 heteroatoms. The van der Waals surface area contributed by atoms with Crippen LogP contribution in [0.25, 0.3) is 11.0 Å². The van der Waals surface area contributed by atoms with Crippen LogP contribution in [-0.2, 0) is 6.18 Å². The molecule has 1 aliphatic heterocycles. The van der Waals surface area contributed by atoms with Gasteiger partial charge in [0.15, 0.2) is 16.9 Å². The van der Waals surface area contributed by atoms with Gasteiger partial charge in [0.1, 0.15) is 12.2 Å². The number of anilines is 1. The molecule has 0 fully saturated rings. The molecular weight excluding hydrogens is 535 g/mol. The van der Waals surface area contributed by atoms with Crippen molar-refractivity contribution in [3.63, 3.8) is 0 Å². The zero-order valence-corrected chi connectivity index (χ0v) is 21.3. The van der Waals surface area contributed by atoms with Crippen molar-refractivity contribution in [1.82, 2.24) is 0 Å². The predicted molar refractivity (Wildman–Crippen MR) is 141 cm³/mol. The van der Waals surface area contributed by atoms with Crippen LogP contribution in [0.2, 0.25) is 5.02 Å². The van der Waals surface area contributed by atoms with Crippen LogP contribution in [0.3, 0.4) is 0 Å². The highest BCUT2D eigenvalue weighted by Gasteiger charge is 2.44. The second-order valence-corrected chi connectivity index (χ2v) is 9.12. The maximum absolute atomic E-state index is 13.8. The van der Waals surface area contributed by atoms with Gasteiger partial charge in [-0.1, -0.05) is 36.4 Å². The Balaban J connectivity index is 1.77. The van der Waals surface area contributed by atoms with Gasteiger partial charge in [-0.15, -0.1) is 0 Å². The molecule has 0 N–H and O–H groups in total. The maximum atomic E-state index is 13.8. The number of rotatable bonds is 7. The zero-order chi connectivity index (χ0) is 27.9. The number of hydrogen-bond donors (Lipinski definition) is 0. The normalized spacial score (nSPS) is 14.9. The van der Waals surface area contributed by atoms with Gasteiger partial charge in [-0.05, 0) is 61.0 Å². The Hall–Kier alpha value is -4.24. The fourth-order valence-electron chi connectivity index (χ4n) is 4.59. The molecule has 1 aliphatic rings. The number of carbonyl (C=O) groups excluding carboxylic acids is 1. The number of halogens is 4. The summed E-state index contributed by atoms with van der Waals surface area (Å²) in [6.07, 6.45) is -3.08. The highest BCUT2D eigenvalue weighted by molar-refractivity contribution is 6.31. The lowest BCUT2D eigenvalue weighted by Crippen LogP contribution is -2.29. The van der Waals surface area contributed by atoms with Gasteiger partial charge in [0, 0.05) is 10.7 Å². The molecule has 0 spiro atoms. The molecule has 1 amide bonds. The second-order valence-electron chi connectivity index (χ2n) is 8.68. The molecule has 4 aromatic rings. The van der Waals surface area contributed by atoms with Crippen LogP contribution >= 0.6 is 11.6 Å². The topological polar surface area (TPSA) is 69.0 Å². The van der Waals surface area contributed by atoms with Gasteiger partial charge in [-0.2, -0.15) is 13.2 Å². The van der Waals surface area contributed by atoms with Crippen LogP contribution in [0.5, 0.6) is 11.5 Å². The molecule has 1 atom stereocenters. The summed E-state index contributed by atoms with van der Waals surface area (Å²) in [4.78, 5) is 28.6. The third-order valence-electron chi connectivity index (χ3n) is 6.22. The number of benzene rings is 3. The third-order valence-corrected chi connectivity index (χ3v) is 6.46. The van der Waals surface area contributed by atoms with Crippen molar-refractivity contribution in [3.05, 3.63) is 111 Å². The predicted octanol–water partition coefficient (Wildman–Crippen LogP) is 7.18. The average molecular weight is 556 g/mol. The molecule has 0 bridgehead atoms. The Kier molecular flexibility index (Phi) is 6.86. The van der Waals surface area contributed by atoms with E-state index in [4.69, 9.17) is 25.5 Å². The van der Waals surface area contributed by atoms with Crippen LogP contribution in [0.4, 0.5) is 18.9 Å². The summed E-state index contributed by atoms with van der Waals surface area (Å²) < 4.78 is 58.0. The lowest BCUT2D eigenvalue weighted by Gasteiger charge is -2.26. The van der Waals surface area contributed by atoms with Crippen molar-refractivity contribution >= 4 is 34.2 Å². The number of amides is 1. The molecule has 1 unspecified atom stereocenters. The van der Waals surface area contributed by atoms with Crippen molar-refractivity contribution in [3.8, 4) is 11.5 Å². The van der Waals surface area contributed by atoms with Gasteiger partial charge in [0.25, 0.3) is 5.91 Å². The van der Waals surface area contributed by atoms with Crippen molar-refractivity contribution in [2.45, 2.75) is 19.1 Å². The summed E-state index contributed by atoms with van der Waals surface area (Å²) in [5, 5.41) is 0.425. The largest absolute Gasteiger partial charge is 0.490 e. The quantitative estimate of drug-likeness (QED) is 0.226. The van der Waals surface area contributed by atoms with Gasteiger partial charge in [-0.3, -0.25) is 14.5 Å². The number of alkyl halides is 3. The van der Waals surface area contributed by atoms with Crippen molar-refractivity contribution in [1.29, 1.82) is 0 Å². The molecule has 39 heavy (non-hydrogen) atoms. The fourth-order valence-corrected chi connectivity index (χ4v) is 4.76. The highest BCUT2D eigenvalue weighted by Crippen LogP contribution is 2.44. The highest BCUT2D eigenvalue weighted by atomic mass is 35.5. The molecular formula is C29H21ClF3NO5. The number of ether oxygens (including phenoxy) is 2. The molecule has 5 rings (SSSR count). The van der Waals surface area contributed by atoms with E-state index in [2.05, 4.69) is 6.58 Å². The third kappa shape index (κ3) is 4.74.